The van der Waals surface area contributed by atoms with Crippen LogP contribution in [0.25, 0.3) is 0 Å². The summed E-state index contributed by atoms with van der Waals surface area (Å²) in [6.07, 6.45) is -1.31. The van der Waals surface area contributed by atoms with Crippen molar-refractivity contribution in [2.24, 2.45) is 5.73 Å². The number of esters is 1. The van der Waals surface area contributed by atoms with Crippen LogP contribution in [-0.4, -0.2) is 42.2 Å². The summed E-state index contributed by atoms with van der Waals surface area (Å²) in [5.41, 5.74) is 5.59. The Morgan fingerprint density at radius 3 is 2.52 bits per heavy atom. The van der Waals surface area contributed by atoms with Crippen molar-refractivity contribution in [2.45, 2.75) is 30.4 Å². The number of rotatable bonds is 6. The monoisotopic (exact) mass is 317 g/mol. The third-order valence-corrected chi connectivity index (χ3v) is 3.50. The van der Waals surface area contributed by atoms with Gasteiger partial charge < -0.3 is 15.6 Å². The zero-order chi connectivity index (χ0) is 16.2. The predicted molar refractivity (Wildman–Crippen MR) is 71.1 cm³/mol. The summed E-state index contributed by atoms with van der Waals surface area (Å²) in [6.45, 7) is 1.34. The number of carboxylic acid groups (broad SMARTS) is 1. The van der Waals surface area contributed by atoms with E-state index in [1.54, 1.807) is 0 Å². The second-order valence-corrected chi connectivity index (χ2v) is 5.78. The first kappa shape index (κ1) is 17.1. The molecule has 116 valence electrons. The Bertz CT molecular complexity index is 641. The van der Waals surface area contributed by atoms with Gasteiger partial charge in [0, 0.05) is 0 Å². The minimum absolute atomic E-state index is 0.278. The zero-order valence-corrected chi connectivity index (χ0v) is 11.9. The van der Waals surface area contributed by atoms with Gasteiger partial charge >= 0.3 is 11.9 Å². The average Bonchev–Trinajstić information content (AvgIpc) is 2.36. The van der Waals surface area contributed by atoms with Crippen LogP contribution in [0.4, 0.5) is 0 Å². The first-order valence-electron chi connectivity index (χ1n) is 5.85. The molecule has 0 aromatic heterocycles. The molecule has 21 heavy (non-hydrogen) atoms. The lowest BCUT2D eigenvalue weighted by Crippen LogP contribution is -2.42. The van der Waals surface area contributed by atoms with Gasteiger partial charge in [-0.05, 0) is 24.6 Å². The summed E-state index contributed by atoms with van der Waals surface area (Å²) < 4.78 is 35.7. The molecule has 0 unspecified atom stereocenters. The summed E-state index contributed by atoms with van der Waals surface area (Å²) in [5.74, 6) is -2.06. The van der Waals surface area contributed by atoms with Crippen LogP contribution in [0.15, 0.2) is 29.2 Å². The van der Waals surface area contributed by atoms with Gasteiger partial charge in [0.15, 0.2) is 0 Å². The van der Waals surface area contributed by atoms with E-state index < -0.39 is 34.2 Å². The SMILES string of the molecule is C[C@H](OC(=O)Cc1cccc(S(=O)(=O)O)c1)[C@H](N)C(=O)O. The number of carbonyl (C=O) groups is 2. The van der Waals surface area contributed by atoms with E-state index in [1.807, 2.05) is 0 Å². The second-order valence-electron chi connectivity index (χ2n) is 4.36. The summed E-state index contributed by atoms with van der Waals surface area (Å²) in [4.78, 5) is 21.9. The van der Waals surface area contributed by atoms with Crippen molar-refractivity contribution >= 4 is 22.1 Å². The Kier molecular flexibility index (Phi) is 5.41. The fourth-order valence-electron chi connectivity index (χ4n) is 1.51. The fraction of sp³-hybridized carbons (Fsp3) is 0.333. The van der Waals surface area contributed by atoms with Crippen LogP contribution in [0, 0.1) is 0 Å². The van der Waals surface area contributed by atoms with Crippen molar-refractivity contribution in [1.29, 1.82) is 0 Å². The largest absolute Gasteiger partial charge is 0.480 e. The van der Waals surface area contributed by atoms with E-state index in [-0.39, 0.29) is 11.3 Å². The first-order chi connectivity index (χ1) is 9.61. The van der Waals surface area contributed by atoms with Crippen molar-refractivity contribution in [1.82, 2.24) is 0 Å². The van der Waals surface area contributed by atoms with Gasteiger partial charge in [-0.1, -0.05) is 12.1 Å². The predicted octanol–water partition coefficient (Wildman–Crippen LogP) is -0.181. The topological polar surface area (TPSA) is 144 Å². The van der Waals surface area contributed by atoms with E-state index in [0.717, 1.165) is 6.07 Å². The molecule has 0 saturated heterocycles. The van der Waals surface area contributed by atoms with Crippen LogP contribution >= 0.6 is 0 Å². The van der Waals surface area contributed by atoms with Crippen molar-refractivity contribution in [2.75, 3.05) is 0 Å². The van der Waals surface area contributed by atoms with Gasteiger partial charge in [-0.25, -0.2) is 0 Å². The lowest BCUT2D eigenvalue weighted by Gasteiger charge is -2.16. The summed E-state index contributed by atoms with van der Waals surface area (Å²) in [7, 11) is -4.36. The first-order valence-corrected chi connectivity index (χ1v) is 7.29. The summed E-state index contributed by atoms with van der Waals surface area (Å²) in [5, 5.41) is 8.67. The Hall–Kier alpha value is -1.97. The Morgan fingerprint density at radius 2 is 2.00 bits per heavy atom. The van der Waals surface area contributed by atoms with E-state index in [9.17, 15) is 18.0 Å². The Balaban J connectivity index is 2.74. The number of benzene rings is 1. The maximum Gasteiger partial charge on any atom is 0.324 e. The van der Waals surface area contributed by atoms with Gasteiger partial charge in [-0.15, -0.1) is 0 Å². The van der Waals surface area contributed by atoms with Gasteiger partial charge in [0.1, 0.15) is 12.1 Å². The molecule has 0 amide bonds. The molecule has 0 saturated carbocycles. The van der Waals surface area contributed by atoms with Crippen LogP contribution in [0.5, 0.6) is 0 Å². The molecule has 1 aromatic rings. The highest BCUT2D eigenvalue weighted by Crippen LogP contribution is 2.12. The number of carboxylic acids is 1. The summed E-state index contributed by atoms with van der Waals surface area (Å²) >= 11 is 0. The van der Waals surface area contributed by atoms with Crippen molar-refractivity contribution < 1.29 is 32.4 Å². The highest BCUT2D eigenvalue weighted by Gasteiger charge is 2.23. The molecule has 0 heterocycles. The standard InChI is InChI=1S/C12H15NO7S/c1-7(11(13)12(15)16)20-10(14)6-8-3-2-4-9(5-8)21(17,18)19/h2-5,7,11H,6,13H2,1H3,(H,15,16)(H,17,18,19)/t7-,11-/m0/s1. The van der Waals surface area contributed by atoms with Crippen LogP contribution in [0.1, 0.15) is 12.5 Å². The molecule has 1 aromatic carbocycles. The van der Waals surface area contributed by atoms with E-state index in [1.165, 1.54) is 25.1 Å². The van der Waals surface area contributed by atoms with E-state index >= 15 is 0 Å². The molecule has 9 heteroatoms. The molecule has 0 aliphatic rings. The van der Waals surface area contributed by atoms with Crippen LogP contribution in [-0.2, 0) is 30.9 Å². The van der Waals surface area contributed by atoms with Crippen LogP contribution < -0.4 is 5.73 Å². The van der Waals surface area contributed by atoms with E-state index in [0.29, 0.717) is 5.56 Å². The van der Waals surface area contributed by atoms with Gasteiger partial charge in [-0.2, -0.15) is 8.42 Å². The molecule has 0 bridgehead atoms. The number of ether oxygens (including phenoxy) is 1. The number of hydrogen-bond donors (Lipinski definition) is 3. The highest BCUT2D eigenvalue weighted by atomic mass is 32.2. The minimum Gasteiger partial charge on any atom is -0.480 e. The van der Waals surface area contributed by atoms with Gasteiger partial charge in [0.25, 0.3) is 10.1 Å². The molecule has 2 atom stereocenters. The molecule has 0 spiro atoms. The average molecular weight is 317 g/mol. The maximum atomic E-state index is 11.6. The Morgan fingerprint density at radius 1 is 1.38 bits per heavy atom. The molecule has 0 radical (unpaired) electrons. The molecule has 1 rings (SSSR count). The number of hydrogen-bond acceptors (Lipinski definition) is 6. The highest BCUT2D eigenvalue weighted by molar-refractivity contribution is 7.85. The molecule has 0 fully saturated rings. The summed E-state index contributed by atoms with van der Waals surface area (Å²) in [6, 6.07) is 3.78. The number of nitrogens with two attached hydrogens (primary N) is 1. The molecule has 0 aliphatic heterocycles. The normalized spacial score (nSPS) is 14.2. The van der Waals surface area contributed by atoms with E-state index in [4.69, 9.17) is 20.1 Å². The van der Waals surface area contributed by atoms with Gasteiger partial charge in [0.2, 0.25) is 0 Å². The second kappa shape index (κ2) is 6.66. The van der Waals surface area contributed by atoms with E-state index in [2.05, 4.69) is 0 Å². The Labute approximate surface area is 121 Å². The number of aliphatic carboxylic acids is 1. The van der Waals surface area contributed by atoms with Crippen molar-refractivity contribution in [3.05, 3.63) is 29.8 Å². The van der Waals surface area contributed by atoms with Gasteiger partial charge in [0.05, 0.1) is 11.3 Å². The quantitative estimate of drug-likeness (QED) is 0.484. The third-order valence-electron chi connectivity index (χ3n) is 2.65. The smallest absolute Gasteiger partial charge is 0.324 e. The number of carbonyl (C=O) groups excluding carboxylic acids is 1. The fourth-order valence-corrected chi connectivity index (χ4v) is 2.06. The minimum atomic E-state index is -4.36. The molecular weight excluding hydrogens is 302 g/mol. The molecule has 8 nitrogen and oxygen atoms in total. The maximum absolute atomic E-state index is 11.6. The lowest BCUT2D eigenvalue weighted by molar-refractivity contribution is -0.152. The molecule has 4 N–H and O–H groups in total. The van der Waals surface area contributed by atoms with Crippen molar-refractivity contribution in [3.63, 3.8) is 0 Å². The van der Waals surface area contributed by atoms with Gasteiger partial charge in [-0.3, -0.25) is 14.1 Å². The van der Waals surface area contributed by atoms with Crippen molar-refractivity contribution in [3.8, 4) is 0 Å². The van der Waals surface area contributed by atoms with Crippen LogP contribution in [0.3, 0.4) is 0 Å². The molecular formula is C12H15NO7S. The zero-order valence-electron chi connectivity index (χ0n) is 11.1. The third kappa shape index (κ3) is 5.14. The van der Waals surface area contributed by atoms with Crippen LogP contribution in [0.2, 0.25) is 0 Å². The molecule has 0 aliphatic carbocycles. The lowest BCUT2D eigenvalue weighted by atomic mass is 10.1.